The smallest absolute Gasteiger partial charge is 0.415 e. The van der Waals surface area contributed by atoms with Gasteiger partial charge in [-0.05, 0) is 23.6 Å². The summed E-state index contributed by atoms with van der Waals surface area (Å²) in [6.07, 6.45) is 1.16. The van der Waals surface area contributed by atoms with Crippen LogP contribution in [0.15, 0.2) is 36.5 Å². The standard InChI is InChI=1S/C23H29FN6O4/c24-8-5-19-16-34-23(33)30(19)20-7-10-26-21(27-20)25-9-6-17-1-3-18(4-2-17)15-28-11-13-29(14-12-28)22(31)32/h1-4,7,10,19H,5-6,8-9,11-16H2,(H,31,32)(H,25,26,27)/t19-/m1/s1. The van der Waals surface area contributed by atoms with Crippen LogP contribution in [0, 0.1) is 0 Å². The number of carbonyl (C=O) groups excluding carboxylic acids is 1. The summed E-state index contributed by atoms with van der Waals surface area (Å²) < 4.78 is 17.8. The van der Waals surface area contributed by atoms with Crippen LogP contribution in [0.3, 0.4) is 0 Å². The van der Waals surface area contributed by atoms with E-state index >= 15 is 0 Å². The van der Waals surface area contributed by atoms with Crippen molar-refractivity contribution in [2.75, 3.05) is 56.2 Å². The Balaban J connectivity index is 1.25. The normalized spacial score (nSPS) is 18.7. The Morgan fingerprint density at radius 3 is 2.59 bits per heavy atom. The molecule has 2 fully saturated rings. The SMILES string of the molecule is O=C(O)N1CCN(Cc2ccc(CCNc3nccc(N4C(=O)OC[C@H]4CCF)n3)cc2)CC1. The number of amides is 2. The van der Waals surface area contributed by atoms with E-state index in [1.165, 1.54) is 15.4 Å². The number of carbonyl (C=O) groups is 2. The number of carboxylic acid groups (broad SMARTS) is 1. The summed E-state index contributed by atoms with van der Waals surface area (Å²) >= 11 is 0. The summed E-state index contributed by atoms with van der Waals surface area (Å²) in [6.45, 7) is 3.59. The van der Waals surface area contributed by atoms with Gasteiger partial charge in [-0.15, -0.1) is 0 Å². The van der Waals surface area contributed by atoms with Crippen molar-refractivity contribution in [1.82, 2.24) is 19.8 Å². The number of piperazine rings is 1. The molecular formula is C23H29FN6O4. The van der Waals surface area contributed by atoms with Crippen LogP contribution in [-0.4, -0.2) is 89.1 Å². The molecule has 0 bridgehead atoms. The van der Waals surface area contributed by atoms with E-state index in [1.807, 2.05) is 0 Å². The largest absolute Gasteiger partial charge is 0.465 e. The van der Waals surface area contributed by atoms with E-state index in [0.29, 0.717) is 31.4 Å². The molecule has 2 aromatic rings. The maximum Gasteiger partial charge on any atom is 0.415 e. The van der Waals surface area contributed by atoms with E-state index in [4.69, 9.17) is 9.84 Å². The highest BCUT2D eigenvalue weighted by molar-refractivity contribution is 5.89. The Bertz CT molecular complexity index is 984. The average Bonchev–Trinajstić information content (AvgIpc) is 3.21. The lowest BCUT2D eigenvalue weighted by molar-refractivity contribution is 0.103. The van der Waals surface area contributed by atoms with Crippen LogP contribution in [0.5, 0.6) is 0 Å². The number of alkyl halides is 1. The van der Waals surface area contributed by atoms with E-state index in [1.54, 1.807) is 12.3 Å². The number of aromatic nitrogens is 2. The Labute approximate surface area is 197 Å². The molecular weight excluding hydrogens is 443 g/mol. The fourth-order valence-corrected chi connectivity index (χ4v) is 4.13. The van der Waals surface area contributed by atoms with Crippen molar-refractivity contribution in [1.29, 1.82) is 0 Å². The van der Waals surface area contributed by atoms with E-state index in [0.717, 1.165) is 31.6 Å². The predicted octanol–water partition coefficient (Wildman–Crippen LogP) is 2.61. The molecule has 0 unspecified atom stereocenters. The number of cyclic esters (lactones) is 1. The molecule has 0 spiro atoms. The molecule has 182 valence electrons. The molecule has 0 saturated carbocycles. The minimum absolute atomic E-state index is 0.157. The number of nitrogens with zero attached hydrogens (tertiary/aromatic N) is 5. The molecule has 1 aromatic carbocycles. The lowest BCUT2D eigenvalue weighted by atomic mass is 10.1. The molecule has 10 nitrogen and oxygen atoms in total. The second kappa shape index (κ2) is 11.1. The van der Waals surface area contributed by atoms with Gasteiger partial charge in [0.05, 0.1) is 12.7 Å². The van der Waals surface area contributed by atoms with Gasteiger partial charge < -0.3 is 20.1 Å². The van der Waals surface area contributed by atoms with Crippen LogP contribution >= 0.6 is 0 Å². The van der Waals surface area contributed by atoms with Gasteiger partial charge in [0.25, 0.3) is 0 Å². The molecule has 2 N–H and O–H groups in total. The van der Waals surface area contributed by atoms with Crippen molar-refractivity contribution >= 4 is 24.0 Å². The average molecular weight is 473 g/mol. The van der Waals surface area contributed by atoms with Crippen molar-refractivity contribution in [2.24, 2.45) is 0 Å². The number of rotatable bonds is 9. The second-order valence-electron chi connectivity index (χ2n) is 8.36. The minimum atomic E-state index is -0.853. The Morgan fingerprint density at radius 1 is 1.15 bits per heavy atom. The van der Waals surface area contributed by atoms with Gasteiger partial charge in [0.2, 0.25) is 5.95 Å². The summed E-state index contributed by atoms with van der Waals surface area (Å²) in [5.41, 5.74) is 2.35. The number of nitrogens with one attached hydrogen (secondary N) is 1. The van der Waals surface area contributed by atoms with Crippen molar-refractivity contribution in [3.63, 3.8) is 0 Å². The van der Waals surface area contributed by atoms with Gasteiger partial charge in [0, 0.05) is 51.9 Å². The third-order valence-corrected chi connectivity index (χ3v) is 6.06. The van der Waals surface area contributed by atoms with Crippen LogP contribution < -0.4 is 10.2 Å². The highest BCUT2D eigenvalue weighted by Crippen LogP contribution is 2.23. The molecule has 0 radical (unpaired) electrons. The molecule has 2 aliphatic heterocycles. The van der Waals surface area contributed by atoms with Crippen molar-refractivity contribution in [3.05, 3.63) is 47.7 Å². The molecule has 2 amide bonds. The maximum atomic E-state index is 12.8. The van der Waals surface area contributed by atoms with E-state index < -0.39 is 18.9 Å². The van der Waals surface area contributed by atoms with Gasteiger partial charge in [-0.3, -0.25) is 14.2 Å². The first-order chi connectivity index (χ1) is 16.5. The van der Waals surface area contributed by atoms with Gasteiger partial charge in [0.1, 0.15) is 12.4 Å². The van der Waals surface area contributed by atoms with Gasteiger partial charge in [-0.1, -0.05) is 24.3 Å². The van der Waals surface area contributed by atoms with E-state index in [9.17, 15) is 14.0 Å². The number of hydrogen-bond donors (Lipinski definition) is 2. The zero-order valence-corrected chi connectivity index (χ0v) is 18.9. The van der Waals surface area contributed by atoms with Gasteiger partial charge in [-0.25, -0.2) is 14.6 Å². The number of benzene rings is 1. The predicted molar refractivity (Wildman–Crippen MR) is 124 cm³/mol. The third kappa shape index (κ3) is 5.90. The highest BCUT2D eigenvalue weighted by Gasteiger charge is 2.35. The van der Waals surface area contributed by atoms with Crippen molar-refractivity contribution in [3.8, 4) is 0 Å². The summed E-state index contributed by atoms with van der Waals surface area (Å²) in [6, 6.07) is 9.62. The molecule has 2 saturated heterocycles. The minimum Gasteiger partial charge on any atom is -0.465 e. The second-order valence-corrected chi connectivity index (χ2v) is 8.36. The number of anilines is 2. The number of halogens is 1. The summed E-state index contributed by atoms with van der Waals surface area (Å²) in [5.74, 6) is 0.792. The Kier molecular flexibility index (Phi) is 7.73. The molecule has 1 aromatic heterocycles. The third-order valence-electron chi connectivity index (χ3n) is 6.06. The lowest BCUT2D eigenvalue weighted by Gasteiger charge is -2.33. The van der Waals surface area contributed by atoms with Gasteiger partial charge >= 0.3 is 12.2 Å². The number of ether oxygens (including phenoxy) is 1. The fraction of sp³-hybridized carbons (Fsp3) is 0.478. The highest BCUT2D eigenvalue weighted by atomic mass is 19.1. The van der Waals surface area contributed by atoms with Crippen LogP contribution in [0.25, 0.3) is 0 Å². The van der Waals surface area contributed by atoms with E-state index in [-0.39, 0.29) is 19.1 Å². The van der Waals surface area contributed by atoms with Gasteiger partial charge in [-0.2, -0.15) is 4.98 Å². The molecule has 0 aliphatic carbocycles. The summed E-state index contributed by atoms with van der Waals surface area (Å²) in [7, 11) is 0. The van der Waals surface area contributed by atoms with E-state index in [2.05, 4.69) is 44.5 Å². The van der Waals surface area contributed by atoms with Crippen molar-refractivity contribution in [2.45, 2.75) is 25.4 Å². The lowest BCUT2D eigenvalue weighted by Crippen LogP contribution is -2.47. The molecule has 2 aliphatic rings. The molecule has 11 heteroatoms. The maximum absolute atomic E-state index is 12.8. The molecule has 34 heavy (non-hydrogen) atoms. The molecule has 1 atom stereocenters. The van der Waals surface area contributed by atoms with Crippen LogP contribution in [0.2, 0.25) is 0 Å². The zero-order valence-electron chi connectivity index (χ0n) is 18.9. The number of hydrogen-bond acceptors (Lipinski definition) is 7. The Morgan fingerprint density at radius 2 is 1.88 bits per heavy atom. The van der Waals surface area contributed by atoms with Crippen molar-refractivity contribution < 1.29 is 23.8 Å². The fourth-order valence-electron chi connectivity index (χ4n) is 4.13. The molecule has 4 rings (SSSR count). The first-order valence-electron chi connectivity index (χ1n) is 11.4. The quantitative estimate of drug-likeness (QED) is 0.573. The monoisotopic (exact) mass is 472 g/mol. The molecule has 3 heterocycles. The summed E-state index contributed by atoms with van der Waals surface area (Å²) in [4.78, 5) is 36.8. The van der Waals surface area contributed by atoms with Gasteiger partial charge in [0.15, 0.2) is 0 Å². The van der Waals surface area contributed by atoms with Crippen LogP contribution in [-0.2, 0) is 17.7 Å². The first kappa shape index (κ1) is 23.7. The Hall–Kier alpha value is -3.47. The topological polar surface area (TPSA) is 111 Å². The van der Waals surface area contributed by atoms with Crippen LogP contribution in [0.4, 0.5) is 25.7 Å². The zero-order chi connectivity index (χ0) is 23.9. The first-order valence-corrected chi connectivity index (χ1v) is 11.4. The van der Waals surface area contributed by atoms with Crippen LogP contribution in [0.1, 0.15) is 17.5 Å². The summed E-state index contributed by atoms with van der Waals surface area (Å²) in [5, 5.41) is 12.2.